The van der Waals surface area contributed by atoms with E-state index in [1.807, 2.05) is 48.8 Å². The van der Waals surface area contributed by atoms with E-state index in [1.54, 1.807) is 34.2 Å². The number of nitrogens with zero attached hydrogens (tertiary/aromatic N) is 10. The molecule has 0 unspecified atom stereocenters. The van der Waals surface area contributed by atoms with E-state index in [-0.39, 0.29) is 0 Å². The highest BCUT2D eigenvalue weighted by Crippen LogP contribution is 2.12. The second-order valence-corrected chi connectivity index (χ2v) is 6.14. The van der Waals surface area contributed by atoms with E-state index in [4.69, 9.17) is 0 Å². The lowest BCUT2D eigenvalue weighted by atomic mass is 10.3. The largest absolute Gasteiger partial charge is 0.260 e. The van der Waals surface area contributed by atoms with Crippen molar-refractivity contribution in [1.82, 2.24) is 50.0 Å². The van der Waals surface area contributed by atoms with Crippen LogP contribution in [0.1, 0.15) is 11.4 Å². The molecule has 0 aliphatic heterocycles. The van der Waals surface area contributed by atoms with E-state index in [9.17, 15) is 0 Å². The lowest BCUT2D eigenvalue weighted by molar-refractivity contribution is -0.0975. The summed E-state index contributed by atoms with van der Waals surface area (Å²) in [5, 5.41) is 20.3. The fourth-order valence-electron chi connectivity index (χ4n) is 2.79. The van der Waals surface area contributed by atoms with E-state index in [2.05, 4.69) is 40.6 Å². The molecule has 4 rings (SSSR count). The molecule has 10 heteroatoms. The van der Waals surface area contributed by atoms with Crippen LogP contribution in [-0.4, -0.2) is 50.0 Å². The third-order valence-corrected chi connectivity index (χ3v) is 4.10. The Labute approximate surface area is 162 Å². The quantitative estimate of drug-likeness (QED) is 0.402. The van der Waals surface area contributed by atoms with Gasteiger partial charge in [0.2, 0.25) is 0 Å². The number of rotatable bonds is 9. The van der Waals surface area contributed by atoms with Gasteiger partial charge in [-0.1, -0.05) is 22.6 Å². The molecule has 4 aromatic heterocycles. The highest BCUT2D eigenvalue weighted by atomic mass is 15.7. The maximum absolute atomic E-state index is 4.48. The van der Waals surface area contributed by atoms with Crippen LogP contribution in [0, 0.1) is 0 Å². The van der Waals surface area contributed by atoms with Gasteiger partial charge in [-0.2, -0.15) is 5.01 Å². The lowest BCUT2D eigenvalue weighted by Gasteiger charge is -2.34. The molecule has 0 saturated carbocycles. The third kappa shape index (κ3) is 4.81. The molecule has 0 bridgehead atoms. The normalized spacial score (nSPS) is 11.4. The predicted octanol–water partition coefficient (Wildman–Crippen LogP) is 1.19. The maximum atomic E-state index is 4.48. The van der Waals surface area contributed by atoms with Crippen molar-refractivity contribution in [2.75, 3.05) is 0 Å². The molecule has 0 aliphatic carbocycles. The van der Waals surface area contributed by atoms with E-state index in [0.717, 1.165) is 11.4 Å². The van der Waals surface area contributed by atoms with Crippen LogP contribution in [0.3, 0.4) is 0 Å². The summed E-state index contributed by atoms with van der Waals surface area (Å²) in [6.45, 7) is 2.22. The van der Waals surface area contributed by atoms with Gasteiger partial charge >= 0.3 is 0 Å². The standard InChI is InChI=1S/C18H20N10/c1-3-7-19-17(5-1)13-27(14-18-6-2-4-8-20-18)28(15-25-11-9-21-23-25)16-26-12-10-22-24-26/h1-12H,13-16H2. The Bertz CT molecular complexity index is 847. The Balaban J connectivity index is 1.62. The molecule has 0 fully saturated rings. The van der Waals surface area contributed by atoms with Gasteiger partial charge in [0.1, 0.15) is 13.3 Å². The van der Waals surface area contributed by atoms with Crippen LogP contribution in [0.25, 0.3) is 0 Å². The Hall–Kier alpha value is -3.50. The van der Waals surface area contributed by atoms with Crippen LogP contribution in [0.5, 0.6) is 0 Å². The van der Waals surface area contributed by atoms with Gasteiger partial charge in [-0.3, -0.25) is 9.97 Å². The second kappa shape index (κ2) is 8.93. The van der Waals surface area contributed by atoms with Crippen molar-refractivity contribution in [3.63, 3.8) is 0 Å². The van der Waals surface area contributed by atoms with E-state index in [1.165, 1.54) is 0 Å². The third-order valence-electron chi connectivity index (χ3n) is 4.10. The summed E-state index contributed by atoms with van der Waals surface area (Å²) in [5.74, 6) is 0. The van der Waals surface area contributed by atoms with Gasteiger partial charge in [-0.25, -0.2) is 14.4 Å². The molecule has 0 radical (unpaired) electrons. The summed E-state index contributed by atoms with van der Waals surface area (Å²) in [5.41, 5.74) is 1.92. The molecule has 0 N–H and O–H groups in total. The molecule has 0 amide bonds. The molecule has 142 valence electrons. The fourth-order valence-corrected chi connectivity index (χ4v) is 2.79. The molecule has 0 spiro atoms. The Morgan fingerprint density at radius 2 is 1.18 bits per heavy atom. The topological polar surface area (TPSA) is 93.7 Å². The first kappa shape index (κ1) is 17.9. The molecule has 4 heterocycles. The minimum absolute atomic E-state index is 0.500. The van der Waals surface area contributed by atoms with Crippen LogP contribution in [-0.2, 0) is 26.4 Å². The van der Waals surface area contributed by atoms with Crippen LogP contribution < -0.4 is 0 Å². The monoisotopic (exact) mass is 376 g/mol. The average molecular weight is 376 g/mol. The highest BCUT2D eigenvalue weighted by molar-refractivity contribution is 5.05. The van der Waals surface area contributed by atoms with Crippen molar-refractivity contribution < 1.29 is 0 Å². The van der Waals surface area contributed by atoms with Crippen molar-refractivity contribution in [3.05, 3.63) is 85.0 Å². The number of aromatic nitrogens is 8. The first-order valence-corrected chi connectivity index (χ1v) is 8.84. The van der Waals surface area contributed by atoms with Gasteiger partial charge in [0.15, 0.2) is 0 Å². The first-order chi connectivity index (χ1) is 13.9. The van der Waals surface area contributed by atoms with Crippen molar-refractivity contribution >= 4 is 0 Å². The molecule has 28 heavy (non-hydrogen) atoms. The number of hydrazine groups is 1. The van der Waals surface area contributed by atoms with Gasteiger partial charge in [0, 0.05) is 24.8 Å². The summed E-state index contributed by atoms with van der Waals surface area (Å²) < 4.78 is 3.53. The van der Waals surface area contributed by atoms with Crippen molar-refractivity contribution in [3.8, 4) is 0 Å². The first-order valence-electron chi connectivity index (χ1n) is 8.84. The summed E-state index contributed by atoms with van der Waals surface area (Å²) in [4.78, 5) is 8.96. The van der Waals surface area contributed by atoms with Crippen molar-refractivity contribution in [2.45, 2.75) is 26.4 Å². The van der Waals surface area contributed by atoms with Crippen LogP contribution >= 0.6 is 0 Å². The number of hydrogen-bond donors (Lipinski definition) is 0. The van der Waals surface area contributed by atoms with Crippen molar-refractivity contribution in [1.29, 1.82) is 0 Å². The zero-order chi connectivity index (χ0) is 19.0. The minimum Gasteiger partial charge on any atom is -0.260 e. The van der Waals surface area contributed by atoms with E-state index >= 15 is 0 Å². The predicted molar refractivity (Wildman–Crippen MR) is 99.6 cm³/mol. The zero-order valence-electron chi connectivity index (χ0n) is 15.2. The summed E-state index contributed by atoms with van der Waals surface area (Å²) in [7, 11) is 0. The van der Waals surface area contributed by atoms with E-state index < -0.39 is 0 Å². The lowest BCUT2D eigenvalue weighted by Crippen LogP contribution is -2.44. The Kier molecular flexibility index (Phi) is 5.71. The van der Waals surface area contributed by atoms with Crippen LogP contribution in [0.2, 0.25) is 0 Å². The summed E-state index contributed by atoms with van der Waals surface area (Å²) in [6, 6.07) is 11.8. The van der Waals surface area contributed by atoms with Crippen LogP contribution in [0.15, 0.2) is 73.6 Å². The van der Waals surface area contributed by atoms with Gasteiger partial charge in [-0.15, -0.1) is 10.2 Å². The Morgan fingerprint density at radius 1 is 0.643 bits per heavy atom. The van der Waals surface area contributed by atoms with Gasteiger partial charge in [-0.05, 0) is 24.3 Å². The molecule has 0 saturated heterocycles. The molecular weight excluding hydrogens is 356 g/mol. The van der Waals surface area contributed by atoms with Gasteiger partial charge < -0.3 is 0 Å². The highest BCUT2D eigenvalue weighted by Gasteiger charge is 2.19. The molecular formula is C18H20N10. The molecule has 4 aromatic rings. The summed E-state index contributed by atoms with van der Waals surface area (Å²) in [6.07, 6.45) is 10.6. The smallest absolute Gasteiger partial charge is 0.110 e. The molecule has 10 nitrogen and oxygen atoms in total. The maximum Gasteiger partial charge on any atom is 0.110 e. The molecule has 0 aliphatic rings. The number of pyridine rings is 2. The Morgan fingerprint density at radius 3 is 1.57 bits per heavy atom. The average Bonchev–Trinajstić information content (AvgIpc) is 3.43. The zero-order valence-corrected chi connectivity index (χ0v) is 15.2. The number of hydrogen-bond acceptors (Lipinski definition) is 8. The van der Waals surface area contributed by atoms with Crippen molar-refractivity contribution in [2.24, 2.45) is 0 Å². The molecule has 0 atom stereocenters. The van der Waals surface area contributed by atoms with Gasteiger partial charge in [0.05, 0.1) is 36.9 Å². The van der Waals surface area contributed by atoms with Gasteiger partial charge in [0.25, 0.3) is 0 Å². The van der Waals surface area contributed by atoms with E-state index in [0.29, 0.717) is 26.4 Å². The van der Waals surface area contributed by atoms with Crippen LogP contribution in [0.4, 0.5) is 0 Å². The molecule has 0 aromatic carbocycles. The summed E-state index contributed by atoms with van der Waals surface area (Å²) >= 11 is 0. The SMILES string of the molecule is c1ccc(CN(Cc2ccccn2)N(Cn2ccnn2)Cn2ccnn2)nc1. The fraction of sp³-hybridized carbons (Fsp3) is 0.222. The minimum atomic E-state index is 0.500. The second-order valence-electron chi connectivity index (χ2n) is 6.14.